The molecule has 0 spiro atoms. The lowest BCUT2D eigenvalue weighted by Crippen LogP contribution is -2.44. The van der Waals surface area contributed by atoms with E-state index in [2.05, 4.69) is 28.4 Å². The Morgan fingerprint density at radius 3 is 2.72 bits per heavy atom. The molecular weight excluding hydrogens is 338 g/mol. The van der Waals surface area contributed by atoms with Gasteiger partial charge in [0, 0.05) is 31.2 Å². The Hall–Kier alpha value is -1.70. The Kier molecular flexibility index (Phi) is 7.16. The highest BCUT2D eigenvalue weighted by Gasteiger charge is 2.21. The number of amides is 1. The molecule has 1 saturated heterocycles. The molecule has 0 saturated carbocycles. The van der Waals surface area contributed by atoms with Crippen molar-refractivity contribution in [2.75, 3.05) is 26.2 Å². The lowest BCUT2D eigenvalue weighted by molar-refractivity contribution is 0.0911. The van der Waals surface area contributed by atoms with E-state index in [1.54, 1.807) is 12.1 Å². The third-order valence-electron chi connectivity index (χ3n) is 4.29. The number of carbonyl (C=O) groups is 1. The largest absolute Gasteiger partial charge is 0.349 e. The highest BCUT2D eigenvalue weighted by atomic mass is 32.2. The van der Waals surface area contributed by atoms with Gasteiger partial charge in [0.1, 0.15) is 0 Å². The summed E-state index contributed by atoms with van der Waals surface area (Å²) in [4.78, 5) is 14.9. The Morgan fingerprint density at radius 2 is 2.08 bits per heavy atom. The Morgan fingerprint density at radius 1 is 1.36 bits per heavy atom. The van der Waals surface area contributed by atoms with Crippen molar-refractivity contribution in [2.45, 2.75) is 37.1 Å². The molecule has 1 aliphatic rings. The molecule has 0 unspecified atom stereocenters. The maximum absolute atomic E-state index is 12.5. The van der Waals surface area contributed by atoms with Crippen LogP contribution in [-0.4, -0.2) is 51.4 Å². The number of rotatable bonds is 8. The molecule has 7 heteroatoms. The second-order valence-corrected chi connectivity index (χ2v) is 8.02. The quantitative estimate of drug-likeness (QED) is 0.688. The molecule has 2 rings (SSSR count). The van der Waals surface area contributed by atoms with E-state index in [1.807, 2.05) is 0 Å². The van der Waals surface area contributed by atoms with Gasteiger partial charge < -0.3 is 10.2 Å². The first kappa shape index (κ1) is 19.6. The van der Waals surface area contributed by atoms with Crippen molar-refractivity contribution in [1.82, 2.24) is 14.9 Å². The molecule has 0 aromatic heterocycles. The van der Waals surface area contributed by atoms with E-state index in [0.29, 0.717) is 5.56 Å². The maximum Gasteiger partial charge on any atom is 0.251 e. The van der Waals surface area contributed by atoms with Crippen LogP contribution in [0.15, 0.2) is 41.8 Å². The first-order chi connectivity index (χ1) is 12.0. The number of hydrogen-bond acceptors (Lipinski definition) is 4. The predicted molar refractivity (Wildman–Crippen MR) is 99.0 cm³/mol. The first-order valence-corrected chi connectivity index (χ1v) is 10.2. The zero-order valence-electron chi connectivity index (χ0n) is 14.7. The van der Waals surface area contributed by atoms with E-state index < -0.39 is 10.0 Å². The second-order valence-electron chi connectivity index (χ2n) is 6.26. The summed E-state index contributed by atoms with van der Waals surface area (Å²) >= 11 is 0. The topological polar surface area (TPSA) is 78.5 Å². The molecule has 0 atom stereocenters. The zero-order chi connectivity index (χ0) is 18.3. The van der Waals surface area contributed by atoms with E-state index >= 15 is 0 Å². The standard InChI is InChI=1S/C18H27N3O3S/c1-3-10-19-25(23,24)17-7-5-6-15(14-17)18(22)20-16-8-12-21(11-4-2)13-9-16/h3,5-7,14,16,19H,1,4,8-13H2,2H3,(H,20,22). The van der Waals surface area contributed by atoms with Crippen LogP contribution in [0.4, 0.5) is 0 Å². The van der Waals surface area contributed by atoms with E-state index in [4.69, 9.17) is 0 Å². The molecule has 0 bridgehead atoms. The minimum Gasteiger partial charge on any atom is -0.349 e. The van der Waals surface area contributed by atoms with Crippen molar-refractivity contribution in [1.29, 1.82) is 0 Å². The van der Waals surface area contributed by atoms with Gasteiger partial charge in [-0.3, -0.25) is 4.79 Å². The number of likely N-dealkylation sites (tertiary alicyclic amines) is 1. The summed E-state index contributed by atoms with van der Waals surface area (Å²) in [5.74, 6) is -0.227. The molecular formula is C18H27N3O3S. The molecule has 6 nitrogen and oxygen atoms in total. The second kappa shape index (κ2) is 9.12. The number of nitrogens with zero attached hydrogens (tertiary/aromatic N) is 1. The molecule has 2 N–H and O–H groups in total. The van der Waals surface area contributed by atoms with Crippen LogP contribution >= 0.6 is 0 Å². The third-order valence-corrected chi connectivity index (χ3v) is 5.71. The fraction of sp³-hybridized carbons (Fsp3) is 0.500. The van der Waals surface area contributed by atoms with Crippen LogP contribution in [0.5, 0.6) is 0 Å². The monoisotopic (exact) mass is 365 g/mol. The Balaban J connectivity index is 1.98. The Bertz CT molecular complexity index is 695. The van der Waals surface area contributed by atoms with E-state index in [0.717, 1.165) is 38.9 Å². The number of carbonyl (C=O) groups excluding carboxylic acids is 1. The third kappa shape index (κ3) is 5.66. The summed E-state index contributed by atoms with van der Waals surface area (Å²) in [6.45, 7) is 8.87. The van der Waals surface area contributed by atoms with Gasteiger partial charge in [-0.05, 0) is 44.0 Å². The summed E-state index contributed by atoms with van der Waals surface area (Å²) in [5, 5.41) is 3.02. The van der Waals surface area contributed by atoms with Gasteiger partial charge in [-0.25, -0.2) is 13.1 Å². The summed E-state index contributed by atoms with van der Waals surface area (Å²) in [6.07, 6.45) is 4.45. The normalized spacial score (nSPS) is 16.5. The molecule has 1 amide bonds. The first-order valence-electron chi connectivity index (χ1n) is 8.70. The summed E-state index contributed by atoms with van der Waals surface area (Å²) < 4.78 is 26.7. The molecule has 0 aliphatic carbocycles. The Labute approximate surface area is 150 Å². The summed E-state index contributed by atoms with van der Waals surface area (Å²) in [6, 6.07) is 6.24. The van der Waals surface area contributed by atoms with Crippen molar-refractivity contribution in [3.05, 3.63) is 42.5 Å². The molecule has 1 aromatic carbocycles. The minimum atomic E-state index is -3.63. The predicted octanol–water partition coefficient (Wildman–Crippen LogP) is 1.76. The van der Waals surface area contributed by atoms with Crippen molar-refractivity contribution in [3.8, 4) is 0 Å². The molecule has 0 radical (unpaired) electrons. The average molecular weight is 365 g/mol. The van der Waals surface area contributed by atoms with E-state index in [9.17, 15) is 13.2 Å². The number of benzene rings is 1. The van der Waals surface area contributed by atoms with E-state index in [1.165, 1.54) is 18.2 Å². The van der Waals surface area contributed by atoms with Crippen molar-refractivity contribution < 1.29 is 13.2 Å². The van der Waals surface area contributed by atoms with Crippen molar-refractivity contribution >= 4 is 15.9 Å². The maximum atomic E-state index is 12.5. The van der Waals surface area contributed by atoms with Crippen LogP contribution < -0.4 is 10.0 Å². The van der Waals surface area contributed by atoms with Gasteiger partial charge in [-0.2, -0.15) is 0 Å². The van der Waals surface area contributed by atoms with Crippen LogP contribution in [0, 0.1) is 0 Å². The van der Waals surface area contributed by atoms with E-state index in [-0.39, 0.29) is 23.4 Å². The molecule has 1 fully saturated rings. The highest BCUT2D eigenvalue weighted by Crippen LogP contribution is 2.14. The molecule has 1 aromatic rings. The highest BCUT2D eigenvalue weighted by molar-refractivity contribution is 7.89. The van der Waals surface area contributed by atoms with Crippen LogP contribution in [0.1, 0.15) is 36.5 Å². The van der Waals surface area contributed by atoms with Crippen LogP contribution in [-0.2, 0) is 10.0 Å². The molecule has 25 heavy (non-hydrogen) atoms. The molecule has 1 aliphatic heterocycles. The zero-order valence-corrected chi connectivity index (χ0v) is 15.5. The number of hydrogen-bond donors (Lipinski definition) is 2. The van der Waals surface area contributed by atoms with Gasteiger partial charge in [0.2, 0.25) is 10.0 Å². The molecule has 1 heterocycles. The summed E-state index contributed by atoms with van der Waals surface area (Å²) in [5.41, 5.74) is 0.359. The smallest absolute Gasteiger partial charge is 0.251 e. The van der Waals surface area contributed by atoms with Gasteiger partial charge in [0.15, 0.2) is 0 Å². The SMILES string of the molecule is C=CCNS(=O)(=O)c1cccc(C(=O)NC2CCN(CCC)CC2)c1. The van der Waals surface area contributed by atoms with Gasteiger partial charge in [-0.15, -0.1) is 6.58 Å². The van der Waals surface area contributed by atoms with Crippen LogP contribution in [0.2, 0.25) is 0 Å². The van der Waals surface area contributed by atoms with Gasteiger partial charge in [0.25, 0.3) is 5.91 Å². The summed E-state index contributed by atoms with van der Waals surface area (Å²) in [7, 11) is -3.63. The fourth-order valence-electron chi connectivity index (χ4n) is 2.94. The lowest BCUT2D eigenvalue weighted by atomic mass is 10.0. The van der Waals surface area contributed by atoms with Gasteiger partial charge in [0.05, 0.1) is 4.90 Å². The van der Waals surface area contributed by atoms with Crippen LogP contribution in [0.3, 0.4) is 0 Å². The minimum absolute atomic E-state index is 0.0831. The van der Waals surface area contributed by atoms with Crippen molar-refractivity contribution in [3.63, 3.8) is 0 Å². The number of sulfonamides is 1. The average Bonchev–Trinajstić information content (AvgIpc) is 2.62. The van der Waals surface area contributed by atoms with Gasteiger partial charge in [-0.1, -0.05) is 19.1 Å². The van der Waals surface area contributed by atoms with Gasteiger partial charge >= 0.3 is 0 Å². The lowest BCUT2D eigenvalue weighted by Gasteiger charge is -2.32. The fourth-order valence-corrected chi connectivity index (χ4v) is 3.99. The number of piperidine rings is 1. The van der Waals surface area contributed by atoms with Crippen molar-refractivity contribution in [2.24, 2.45) is 0 Å². The van der Waals surface area contributed by atoms with Crippen LogP contribution in [0.25, 0.3) is 0 Å². The molecule has 138 valence electrons. The number of nitrogens with one attached hydrogen (secondary N) is 2.